The number of aldehydes is 1. The number of rotatable bonds is 3. The Hall–Kier alpha value is -0.900. The van der Waals surface area contributed by atoms with Gasteiger partial charge in [0.15, 0.2) is 12.0 Å². The molecular weight excluding hydrogens is 164 g/mol. The van der Waals surface area contributed by atoms with Gasteiger partial charge in [-0.15, -0.1) is 0 Å². The maximum Gasteiger partial charge on any atom is 0.185 e. The Balaban J connectivity index is 2.72. The molecule has 3 nitrogen and oxygen atoms in total. The van der Waals surface area contributed by atoms with Crippen molar-refractivity contribution in [1.82, 2.24) is 0 Å². The van der Waals surface area contributed by atoms with Gasteiger partial charge in [0.2, 0.25) is 0 Å². The Morgan fingerprint density at radius 1 is 1.64 bits per heavy atom. The van der Waals surface area contributed by atoms with E-state index < -0.39 is 10.8 Å². The highest BCUT2D eigenvalue weighted by molar-refractivity contribution is 7.83. The van der Waals surface area contributed by atoms with Gasteiger partial charge in [0.1, 0.15) is 5.76 Å². The predicted octanol–water partition coefficient (Wildman–Crippen LogP) is 0.971. The molecule has 0 aliphatic carbocycles. The summed E-state index contributed by atoms with van der Waals surface area (Å²) >= 11 is 0. The minimum atomic E-state index is -0.915. The summed E-state index contributed by atoms with van der Waals surface area (Å²) in [6, 6.07) is 3.22. The van der Waals surface area contributed by atoms with Crippen LogP contribution in [0.15, 0.2) is 16.5 Å². The molecule has 1 aromatic heterocycles. The van der Waals surface area contributed by atoms with Crippen LogP contribution in [0.1, 0.15) is 16.3 Å². The molecule has 0 fully saturated rings. The van der Waals surface area contributed by atoms with Crippen LogP contribution in [0, 0.1) is 0 Å². The zero-order chi connectivity index (χ0) is 8.27. The van der Waals surface area contributed by atoms with Crippen LogP contribution in [-0.4, -0.2) is 16.8 Å². The van der Waals surface area contributed by atoms with E-state index in [1.54, 1.807) is 18.4 Å². The molecule has 1 unspecified atom stereocenters. The molecule has 0 aromatic carbocycles. The van der Waals surface area contributed by atoms with Crippen molar-refractivity contribution in [2.24, 2.45) is 0 Å². The topological polar surface area (TPSA) is 47.3 Å². The second-order valence-corrected chi connectivity index (χ2v) is 3.57. The molecule has 0 amide bonds. The van der Waals surface area contributed by atoms with Crippen molar-refractivity contribution in [3.63, 3.8) is 0 Å². The normalized spacial score (nSPS) is 12.8. The van der Waals surface area contributed by atoms with Crippen LogP contribution in [0.3, 0.4) is 0 Å². The van der Waals surface area contributed by atoms with Gasteiger partial charge in [-0.2, -0.15) is 0 Å². The van der Waals surface area contributed by atoms with E-state index in [1.165, 1.54) is 0 Å². The number of furan rings is 1. The van der Waals surface area contributed by atoms with Gasteiger partial charge in [-0.25, -0.2) is 0 Å². The average Bonchev–Trinajstić information content (AvgIpc) is 2.34. The molecule has 1 heterocycles. The summed E-state index contributed by atoms with van der Waals surface area (Å²) in [4.78, 5) is 10.1. The fraction of sp³-hybridized carbons (Fsp3) is 0.286. The molecule has 1 aromatic rings. The van der Waals surface area contributed by atoms with Gasteiger partial charge in [-0.1, -0.05) is 0 Å². The first-order valence-electron chi connectivity index (χ1n) is 3.06. The highest BCUT2D eigenvalue weighted by Gasteiger charge is 2.01. The van der Waals surface area contributed by atoms with Crippen molar-refractivity contribution in [2.75, 3.05) is 6.26 Å². The van der Waals surface area contributed by atoms with Crippen LogP contribution in [0.5, 0.6) is 0 Å². The molecule has 0 bridgehead atoms. The average molecular weight is 172 g/mol. The Morgan fingerprint density at radius 2 is 2.36 bits per heavy atom. The van der Waals surface area contributed by atoms with E-state index in [2.05, 4.69) is 0 Å². The summed E-state index contributed by atoms with van der Waals surface area (Å²) in [6.07, 6.45) is 2.21. The third-order valence-corrected chi connectivity index (χ3v) is 1.84. The molecule has 1 rings (SSSR count). The molecule has 0 aliphatic heterocycles. The Bertz CT molecular complexity index is 277. The summed E-state index contributed by atoms with van der Waals surface area (Å²) in [6.45, 7) is 0. The van der Waals surface area contributed by atoms with Gasteiger partial charge in [-0.05, 0) is 12.1 Å². The highest BCUT2D eigenvalue weighted by atomic mass is 32.2. The summed E-state index contributed by atoms with van der Waals surface area (Å²) in [5.41, 5.74) is 0. The molecule has 11 heavy (non-hydrogen) atoms. The minimum absolute atomic E-state index is 0.283. The third-order valence-electron chi connectivity index (χ3n) is 1.14. The monoisotopic (exact) mass is 172 g/mol. The Labute approximate surface area is 66.9 Å². The van der Waals surface area contributed by atoms with E-state index in [-0.39, 0.29) is 5.76 Å². The first kappa shape index (κ1) is 8.20. The van der Waals surface area contributed by atoms with Gasteiger partial charge in [0, 0.05) is 17.1 Å². The van der Waals surface area contributed by atoms with Crippen LogP contribution in [0.4, 0.5) is 0 Å². The molecule has 0 radical (unpaired) electrons. The Morgan fingerprint density at radius 3 is 2.82 bits per heavy atom. The van der Waals surface area contributed by atoms with Crippen LogP contribution in [-0.2, 0) is 16.6 Å². The van der Waals surface area contributed by atoms with Crippen molar-refractivity contribution in [3.8, 4) is 0 Å². The van der Waals surface area contributed by atoms with Gasteiger partial charge < -0.3 is 4.42 Å². The molecule has 0 aliphatic rings. The van der Waals surface area contributed by atoms with Crippen LogP contribution >= 0.6 is 0 Å². The standard InChI is InChI=1S/C7H8O3S/c1-11(9)5-7-3-2-6(4-8)10-7/h2-4H,5H2,1H3. The smallest absolute Gasteiger partial charge is 0.185 e. The molecule has 0 spiro atoms. The van der Waals surface area contributed by atoms with E-state index in [0.717, 1.165) is 0 Å². The van der Waals surface area contributed by atoms with E-state index in [4.69, 9.17) is 4.42 Å². The minimum Gasteiger partial charge on any atom is -0.457 e. The molecule has 60 valence electrons. The van der Waals surface area contributed by atoms with Gasteiger partial charge in [-0.3, -0.25) is 9.00 Å². The highest BCUT2D eigenvalue weighted by Crippen LogP contribution is 2.07. The Kier molecular flexibility index (Phi) is 2.59. The zero-order valence-electron chi connectivity index (χ0n) is 6.07. The summed E-state index contributed by atoms with van der Waals surface area (Å²) in [5, 5.41) is 0. The first-order valence-corrected chi connectivity index (χ1v) is 4.79. The summed E-state index contributed by atoms with van der Waals surface area (Å²) in [5.74, 6) is 1.24. The van der Waals surface area contributed by atoms with E-state index in [1.807, 2.05) is 0 Å². The lowest BCUT2D eigenvalue weighted by molar-refractivity contribution is 0.109. The van der Waals surface area contributed by atoms with Gasteiger partial charge in [0.25, 0.3) is 0 Å². The number of carbonyl (C=O) groups is 1. The zero-order valence-corrected chi connectivity index (χ0v) is 6.89. The van der Waals surface area contributed by atoms with Crippen molar-refractivity contribution in [2.45, 2.75) is 5.75 Å². The van der Waals surface area contributed by atoms with E-state index in [9.17, 15) is 9.00 Å². The van der Waals surface area contributed by atoms with Crippen LogP contribution in [0.25, 0.3) is 0 Å². The SMILES string of the molecule is CS(=O)Cc1ccc(C=O)o1. The number of hydrogen-bond acceptors (Lipinski definition) is 3. The van der Waals surface area contributed by atoms with Gasteiger partial charge >= 0.3 is 0 Å². The van der Waals surface area contributed by atoms with Crippen molar-refractivity contribution >= 4 is 17.1 Å². The second kappa shape index (κ2) is 3.48. The predicted molar refractivity (Wildman–Crippen MR) is 41.9 cm³/mol. The second-order valence-electron chi connectivity index (χ2n) is 2.14. The van der Waals surface area contributed by atoms with Crippen molar-refractivity contribution < 1.29 is 13.4 Å². The molecule has 1 atom stereocenters. The van der Waals surface area contributed by atoms with Crippen LogP contribution < -0.4 is 0 Å². The fourth-order valence-electron chi connectivity index (χ4n) is 0.736. The maximum absolute atomic E-state index is 10.7. The summed E-state index contributed by atoms with van der Waals surface area (Å²) in [7, 11) is -0.915. The lowest BCUT2D eigenvalue weighted by Gasteiger charge is -1.88. The van der Waals surface area contributed by atoms with Crippen molar-refractivity contribution in [1.29, 1.82) is 0 Å². The fourth-order valence-corrected chi connectivity index (χ4v) is 1.29. The van der Waals surface area contributed by atoms with Crippen molar-refractivity contribution in [3.05, 3.63) is 23.7 Å². The first-order chi connectivity index (χ1) is 5.22. The van der Waals surface area contributed by atoms with E-state index in [0.29, 0.717) is 17.8 Å². The molecule has 0 saturated heterocycles. The number of hydrogen-bond donors (Lipinski definition) is 0. The lowest BCUT2D eigenvalue weighted by atomic mass is 10.4. The summed E-state index contributed by atoms with van der Waals surface area (Å²) < 4.78 is 15.7. The lowest BCUT2D eigenvalue weighted by Crippen LogP contribution is -1.88. The quantitative estimate of drug-likeness (QED) is 0.638. The number of carbonyl (C=O) groups excluding carboxylic acids is 1. The van der Waals surface area contributed by atoms with Gasteiger partial charge in [0.05, 0.1) is 5.75 Å². The molecule has 0 saturated carbocycles. The molecule has 4 heteroatoms. The van der Waals surface area contributed by atoms with Crippen LogP contribution in [0.2, 0.25) is 0 Å². The largest absolute Gasteiger partial charge is 0.457 e. The van der Waals surface area contributed by atoms with E-state index >= 15 is 0 Å². The molecular formula is C7H8O3S. The maximum atomic E-state index is 10.7. The third kappa shape index (κ3) is 2.31. The molecule has 0 N–H and O–H groups in total.